The zero-order valence-electron chi connectivity index (χ0n) is 8.32. The molecule has 0 aromatic carbocycles. The van der Waals surface area contributed by atoms with Gasteiger partial charge < -0.3 is 10.6 Å². The lowest BCUT2D eigenvalue weighted by molar-refractivity contribution is 0.645. The normalized spacial score (nSPS) is 11.9. The molecule has 0 spiro atoms. The van der Waals surface area contributed by atoms with Gasteiger partial charge in [-0.1, -0.05) is 6.92 Å². The standard InChI is InChI=1S/C9H14N4S/c1-3-7(2)12-9(14)13-8-10-5-4-6-11-8/h4-7H,3H2,1-2H3,(H2,10,11,12,13,14). The summed E-state index contributed by atoms with van der Waals surface area (Å²) in [5, 5.41) is 6.58. The van der Waals surface area contributed by atoms with Crippen molar-refractivity contribution in [3.8, 4) is 0 Å². The van der Waals surface area contributed by atoms with E-state index in [1.807, 2.05) is 0 Å². The van der Waals surface area contributed by atoms with Gasteiger partial charge in [0, 0.05) is 18.4 Å². The summed E-state index contributed by atoms with van der Waals surface area (Å²) in [5.41, 5.74) is 0. The van der Waals surface area contributed by atoms with Crippen molar-refractivity contribution >= 4 is 23.3 Å². The van der Waals surface area contributed by atoms with E-state index in [-0.39, 0.29) is 0 Å². The second-order valence-corrected chi connectivity index (χ2v) is 3.39. The van der Waals surface area contributed by atoms with Crippen LogP contribution in [0.4, 0.5) is 5.95 Å². The number of anilines is 1. The molecule has 0 aliphatic carbocycles. The predicted molar refractivity (Wildman–Crippen MR) is 61.1 cm³/mol. The zero-order valence-corrected chi connectivity index (χ0v) is 9.14. The zero-order chi connectivity index (χ0) is 10.4. The molecule has 1 rings (SSSR count). The molecule has 0 fully saturated rings. The maximum absolute atomic E-state index is 5.08. The molecule has 0 aliphatic heterocycles. The van der Waals surface area contributed by atoms with Crippen LogP contribution >= 0.6 is 12.2 Å². The minimum Gasteiger partial charge on any atom is -0.360 e. The molecule has 0 saturated heterocycles. The quantitative estimate of drug-likeness (QED) is 0.741. The van der Waals surface area contributed by atoms with Gasteiger partial charge in [-0.2, -0.15) is 0 Å². The lowest BCUT2D eigenvalue weighted by Crippen LogP contribution is -2.35. The highest BCUT2D eigenvalue weighted by molar-refractivity contribution is 7.80. The van der Waals surface area contributed by atoms with Gasteiger partial charge in [-0.3, -0.25) is 0 Å². The fraction of sp³-hybridized carbons (Fsp3) is 0.444. The number of hydrogen-bond donors (Lipinski definition) is 2. The highest BCUT2D eigenvalue weighted by Crippen LogP contribution is 1.95. The van der Waals surface area contributed by atoms with Crippen molar-refractivity contribution in [1.82, 2.24) is 15.3 Å². The summed E-state index contributed by atoms with van der Waals surface area (Å²) in [6, 6.07) is 2.12. The molecule has 0 aliphatic rings. The van der Waals surface area contributed by atoms with Crippen LogP contribution in [0.25, 0.3) is 0 Å². The first-order chi connectivity index (χ1) is 6.72. The largest absolute Gasteiger partial charge is 0.360 e. The number of nitrogens with one attached hydrogen (secondary N) is 2. The van der Waals surface area contributed by atoms with E-state index in [1.54, 1.807) is 18.5 Å². The summed E-state index contributed by atoms with van der Waals surface area (Å²) in [6.07, 6.45) is 4.36. The SMILES string of the molecule is CCC(C)NC(=S)Nc1ncccn1. The number of rotatable bonds is 3. The van der Waals surface area contributed by atoms with E-state index in [2.05, 4.69) is 34.4 Å². The number of nitrogens with zero attached hydrogens (tertiary/aromatic N) is 2. The number of aromatic nitrogens is 2. The minimum atomic E-state index is 0.360. The van der Waals surface area contributed by atoms with Crippen LogP contribution in [0.1, 0.15) is 20.3 Å². The molecule has 1 aromatic heterocycles. The average Bonchev–Trinajstić information content (AvgIpc) is 2.19. The number of hydrogen-bond acceptors (Lipinski definition) is 3. The lowest BCUT2D eigenvalue weighted by Gasteiger charge is -2.13. The predicted octanol–water partition coefficient (Wildman–Crippen LogP) is 1.56. The molecule has 1 atom stereocenters. The van der Waals surface area contributed by atoms with Crippen LogP contribution < -0.4 is 10.6 Å². The number of thiocarbonyl (C=S) groups is 1. The molecule has 0 saturated carbocycles. The highest BCUT2D eigenvalue weighted by atomic mass is 32.1. The van der Waals surface area contributed by atoms with E-state index in [0.717, 1.165) is 6.42 Å². The Balaban J connectivity index is 2.42. The van der Waals surface area contributed by atoms with Crippen molar-refractivity contribution in [1.29, 1.82) is 0 Å². The first kappa shape index (κ1) is 10.8. The Morgan fingerprint density at radius 2 is 2.14 bits per heavy atom. The van der Waals surface area contributed by atoms with Gasteiger partial charge in [0.05, 0.1) is 0 Å². The van der Waals surface area contributed by atoms with E-state index in [1.165, 1.54) is 0 Å². The first-order valence-corrected chi connectivity index (χ1v) is 4.97. The van der Waals surface area contributed by atoms with E-state index < -0.39 is 0 Å². The van der Waals surface area contributed by atoms with Crippen molar-refractivity contribution in [2.45, 2.75) is 26.3 Å². The van der Waals surface area contributed by atoms with Crippen molar-refractivity contribution in [2.75, 3.05) is 5.32 Å². The summed E-state index contributed by atoms with van der Waals surface area (Å²) in [6.45, 7) is 4.17. The Kier molecular flexibility index (Phi) is 4.25. The topological polar surface area (TPSA) is 49.8 Å². The van der Waals surface area contributed by atoms with Crippen LogP contribution in [0.3, 0.4) is 0 Å². The van der Waals surface area contributed by atoms with Gasteiger partial charge in [-0.25, -0.2) is 9.97 Å². The smallest absolute Gasteiger partial charge is 0.228 e. The monoisotopic (exact) mass is 210 g/mol. The molecular formula is C9H14N4S. The molecule has 5 heteroatoms. The van der Waals surface area contributed by atoms with E-state index in [0.29, 0.717) is 17.1 Å². The van der Waals surface area contributed by atoms with Crippen LogP contribution in [-0.2, 0) is 0 Å². The molecule has 1 aromatic rings. The summed E-state index contributed by atoms with van der Waals surface area (Å²) < 4.78 is 0. The van der Waals surface area contributed by atoms with Gasteiger partial charge in [0.1, 0.15) is 0 Å². The Bertz CT molecular complexity index is 288. The molecule has 0 bridgehead atoms. The summed E-state index contributed by atoms with van der Waals surface area (Å²) in [5.74, 6) is 0.522. The lowest BCUT2D eigenvalue weighted by atomic mass is 10.3. The third-order valence-electron chi connectivity index (χ3n) is 1.78. The van der Waals surface area contributed by atoms with Crippen LogP contribution in [0, 0.1) is 0 Å². The molecule has 0 radical (unpaired) electrons. The molecule has 1 heterocycles. The van der Waals surface area contributed by atoms with Gasteiger partial charge in [-0.15, -0.1) is 0 Å². The van der Waals surface area contributed by atoms with Gasteiger partial charge in [0.25, 0.3) is 0 Å². The minimum absolute atomic E-state index is 0.360. The van der Waals surface area contributed by atoms with E-state index >= 15 is 0 Å². The van der Waals surface area contributed by atoms with Crippen LogP contribution in [0.15, 0.2) is 18.5 Å². The Morgan fingerprint density at radius 3 is 2.71 bits per heavy atom. The van der Waals surface area contributed by atoms with Gasteiger partial charge in [0.2, 0.25) is 5.95 Å². The molecule has 1 unspecified atom stereocenters. The van der Waals surface area contributed by atoms with Crippen molar-refractivity contribution in [3.63, 3.8) is 0 Å². The first-order valence-electron chi connectivity index (χ1n) is 4.57. The molecule has 76 valence electrons. The molecule has 2 N–H and O–H groups in total. The summed E-state index contributed by atoms with van der Waals surface area (Å²) in [7, 11) is 0. The highest BCUT2D eigenvalue weighted by Gasteiger charge is 2.02. The maximum Gasteiger partial charge on any atom is 0.228 e. The average molecular weight is 210 g/mol. The van der Waals surface area contributed by atoms with Crippen LogP contribution in [0.5, 0.6) is 0 Å². The Hall–Kier alpha value is -1.23. The van der Waals surface area contributed by atoms with Crippen LogP contribution in [0.2, 0.25) is 0 Å². The second-order valence-electron chi connectivity index (χ2n) is 2.98. The van der Waals surface area contributed by atoms with Crippen molar-refractivity contribution < 1.29 is 0 Å². The third-order valence-corrected chi connectivity index (χ3v) is 2.00. The fourth-order valence-electron chi connectivity index (χ4n) is 0.827. The molecule has 4 nitrogen and oxygen atoms in total. The van der Waals surface area contributed by atoms with Crippen molar-refractivity contribution in [2.24, 2.45) is 0 Å². The maximum atomic E-state index is 5.08. The summed E-state index contributed by atoms with van der Waals surface area (Å²) in [4.78, 5) is 8.00. The second kappa shape index (κ2) is 5.49. The summed E-state index contributed by atoms with van der Waals surface area (Å²) >= 11 is 5.08. The van der Waals surface area contributed by atoms with Crippen LogP contribution in [-0.4, -0.2) is 21.1 Å². The van der Waals surface area contributed by atoms with E-state index in [9.17, 15) is 0 Å². The fourth-order valence-corrected chi connectivity index (χ4v) is 1.12. The molecule has 14 heavy (non-hydrogen) atoms. The Labute approximate surface area is 89.2 Å². The van der Waals surface area contributed by atoms with E-state index in [4.69, 9.17) is 12.2 Å². The van der Waals surface area contributed by atoms with Gasteiger partial charge in [0.15, 0.2) is 5.11 Å². The Morgan fingerprint density at radius 1 is 1.50 bits per heavy atom. The third kappa shape index (κ3) is 3.66. The van der Waals surface area contributed by atoms with Gasteiger partial charge in [-0.05, 0) is 31.6 Å². The van der Waals surface area contributed by atoms with Crippen molar-refractivity contribution in [3.05, 3.63) is 18.5 Å². The van der Waals surface area contributed by atoms with Gasteiger partial charge >= 0.3 is 0 Å². The molecule has 0 amide bonds. The molecular weight excluding hydrogens is 196 g/mol.